The maximum atomic E-state index is 13.0. The van der Waals surface area contributed by atoms with Gasteiger partial charge in [-0.1, -0.05) is 0 Å². The molecule has 1 fully saturated rings. The van der Waals surface area contributed by atoms with Crippen molar-refractivity contribution in [2.45, 2.75) is 6.42 Å². The molecule has 86 valence electrons. The Kier molecular flexibility index (Phi) is 3.05. The molecule has 0 spiro atoms. The molecule has 0 atom stereocenters. The number of phenolic OH excluding ortho intramolecular Hbond substituents is 1. The van der Waals surface area contributed by atoms with Crippen molar-refractivity contribution in [2.24, 2.45) is 0 Å². The van der Waals surface area contributed by atoms with Crippen LogP contribution >= 0.6 is 0 Å². The number of nitrogens with zero attached hydrogens (tertiary/aromatic N) is 1. The largest absolute Gasteiger partial charge is 0.507 e. The number of ether oxygens (including phenoxy) is 1. The van der Waals surface area contributed by atoms with E-state index in [9.17, 15) is 14.3 Å². The number of carbonyl (C=O) groups excluding carboxylic acids is 1. The third kappa shape index (κ3) is 2.14. The maximum Gasteiger partial charge on any atom is 0.259 e. The predicted octanol–water partition coefficient (Wildman–Crippen LogP) is 1.35. The van der Waals surface area contributed by atoms with Crippen LogP contribution in [0.5, 0.6) is 5.75 Å². The average Bonchev–Trinajstić information content (AvgIpc) is 2.32. The van der Waals surface area contributed by atoms with Crippen LogP contribution < -0.4 is 0 Å². The minimum absolute atomic E-state index is 0.0227. The Morgan fingerprint density at radius 3 is 3.00 bits per heavy atom. The zero-order chi connectivity index (χ0) is 11.5. The fourth-order valence-electron chi connectivity index (χ4n) is 1.61. The first-order valence-electron chi connectivity index (χ1n) is 5.04. The van der Waals surface area contributed by atoms with Gasteiger partial charge in [-0.15, -0.1) is 0 Å². The third-order valence-electron chi connectivity index (χ3n) is 2.44. The number of hydrogen-bond acceptors (Lipinski definition) is 3. The second-order valence-corrected chi connectivity index (χ2v) is 3.62. The highest BCUT2D eigenvalue weighted by Gasteiger charge is 2.21. The molecule has 5 heteroatoms. The number of carbonyl (C=O) groups is 1. The van der Waals surface area contributed by atoms with Crippen molar-refractivity contribution in [3.8, 4) is 5.75 Å². The van der Waals surface area contributed by atoms with Gasteiger partial charge in [-0.2, -0.15) is 0 Å². The molecule has 1 heterocycles. The quantitative estimate of drug-likeness (QED) is 0.784. The number of phenols is 1. The van der Waals surface area contributed by atoms with E-state index < -0.39 is 11.7 Å². The monoisotopic (exact) mass is 225 g/mol. The van der Waals surface area contributed by atoms with E-state index in [1.54, 1.807) is 0 Å². The number of benzene rings is 1. The molecule has 2 rings (SSSR count). The van der Waals surface area contributed by atoms with Gasteiger partial charge in [-0.25, -0.2) is 4.39 Å². The van der Waals surface area contributed by atoms with Crippen molar-refractivity contribution in [2.75, 3.05) is 19.9 Å². The lowest BCUT2D eigenvalue weighted by atomic mass is 10.1. The topological polar surface area (TPSA) is 49.8 Å². The van der Waals surface area contributed by atoms with E-state index in [-0.39, 0.29) is 18.0 Å². The second-order valence-electron chi connectivity index (χ2n) is 3.62. The normalized spacial score (nSPS) is 16.2. The molecule has 1 aromatic carbocycles. The molecule has 1 saturated heterocycles. The van der Waals surface area contributed by atoms with Gasteiger partial charge in [-0.05, 0) is 24.6 Å². The summed E-state index contributed by atoms with van der Waals surface area (Å²) in [5, 5.41) is 9.48. The van der Waals surface area contributed by atoms with E-state index in [1.165, 1.54) is 11.0 Å². The molecule has 0 aromatic heterocycles. The van der Waals surface area contributed by atoms with Crippen molar-refractivity contribution in [3.63, 3.8) is 0 Å². The fourth-order valence-corrected chi connectivity index (χ4v) is 1.61. The highest BCUT2D eigenvalue weighted by molar-refractivity contribution is 5.96. The lowest BCUT2D eigenvalue weighted by molar-refractivity contribution is -0.00586. The molecule has 1 N–H and O–H groups in total. The van der Waals surface area contributed by atoms with Crippen molar-refractivity contribution in [3.05, 3.63) is 29.6 Å². The van der Waals surface area contributed by atoms with Crippen LogP contribution in [0.3, 0.4) is 0 Å². The summed E-state index contributed by atoms with van der Waals surface area (Å²) < 4.78 is 18.1. The molecule has 16 heavy (non-hydrogen) atoms. The highest BCUT2D eigenvalue weighted by Crippen LogP contribution is 2.20. The van der Waals surface area contributed by atoms with Crippen molar-refractivity contribution < 1.29 is 19.0 Å². The van der Waals surface area contributed by atoms with E-state index in [2.05, 4.69) is 0 Å². The van der Waals surface area contributed by atoms with E-state index >= 15 is 0 Å². The van der Waals surface area contributed by atoms with Crippen LogP contribution in [0.1, 0.15) is 16.8 Å². The molecule has 1 aliphatic heterocycles. The van der Waals surface area contributed by atoms with Crippen LogP contribution in [-0.4, -0.2) is 35.8 Å². The summed E-state index contributed by atoms with van der Waals surface area (Å²) in [6.07, 6.45) is 0.752. The Balaban J connectivity index is 2.22. The van der Waals surface area contributed by atoms with Gasteiger partial charge in [0.25, 0.3) is 5.91 Å². The van der Waals surface area contributed by atoms with Gasteiger partial charge < -0.3 is 14.7 Å². The fraction of sp³-hybridized carbons (Fsp3) is 0.364. The molecule has 0 aliphatic carbocycles. The Hall–Kier alpha value is -1.62. The van der Waals surface area contributed by atoms with E-state index in [0.29, 0.717) is 13.2 Å². The minimum atomic E-state index is -0.543. The summed E-state index contributed by atoms with van der Waals surface area (Å²) in [7, 11) is 0. The summed E-state index contributed by atoms with van der Waals surface area (Å²) in [6, 6.07) is 3.32. The summed E-state index contributed by atoms with van der Waals surface area (Å²) >= 11 is 0. The molecule has 4 nitrogen and oxygen atoms in total. The van der Waals surface area contributed by atoms with Crippen molar-refractivity contribution >= 4 is 5.91 Å². The zero-order valence-electron chi connectivity index (χ0n) is 8.65. The molecule has 0 radical (unpaired) electrons. The van der Waals surface area contributed by atoms with Gasteiger partial charge >= 0.3 is 0 Å². The molecule has 0 saturated carbocycles. The highest BCUT2D eigenvalue weighted by atomic mass is 19.1. The van der Waals surface area contributed by atoms with E-state index in [0.717, 1.165) is 18.6 Å². The number of hydrogen-bond donors (Lipinski definition) is 1. The van der Waals surface area contributed by atoms with Gasteiger partial charge in [0.05, 0.1) is 12.2 Å². The minimum Gasteiger partial charge on any atom is -0.507 e. The first-order valence-corrected chi connectivity index (χ1v) is 5.04. The summed E-state index contributed by atoms with van der Waals surface area (Å²) in [4.78, 5) is 13.3. The van der Waals surface area contributed by atoms with Crippen LogP contribution in [0.15, 0.2) is 18.2 Å². The van der Waals surface area contributed by atoms with Crippen LogP contribution in [0.2, 0.25) is 0 Å². The molecular weight excluding hydrogens is 213 g/mol. The van der Waals surface area contributed by atoms with Gasteiger partial charge in [0.1, 0.15) is 18.3 Å². The average molecular weight is 225 g/mol. The lowest BCUT2D eigenvalue weighted by Crippen LogP contribution is -2.38. The molecule has 1 amide bonds. The van der Waals surface area contributed by atoms with Crippen molar-refractivity contribution in [1.29, 1.82) is 0 Å². The van der Waals surface area contributed by atoms with Gasteiger partial charge in [-0.3, -0.25) is 4.79 Å². The SMILES string of the molecule is O=C(c1cc(F)ccc1O)N1CCCOC1. The smallest absolute Gasteiger partial charge is 0.259 e. The number of rotatable bonds is 1. The standard InChI is InChI=1S/C11H12FNO3/c12-8-2-3-10(14)9(6-8)11(15)13-4-1-5-16-7-13/h2-3,6,14H,1,4-5,7H2. The third-order valence-corrected chi connectivity index (χ3v) is 2.44. The van der Waals surface area contributed by atoms with Gasteiger partial charge in [0.15, 0.2) is 0 Å². The molecule has 0 bridgehead atoms. The molecule has 0 unspecified atom stereocenters. The Bertz CT molecular complexity index is 402. The van der Waals surface area contributed by atoms with Crippen LogP contribution in [-0.2, 0) is 4.74 Å². The van der Waals surface area contributed by atoms with Crippen LogP contribution in [0.4, 0.5) is 4.39 Å². The number of halogens is 1. The Morgan fingerprint density at radius 2 is 2.31 bits per heavy atom. The molecule has 1 aliphatic rings. The molecule has 1 aromatic rings. The van der Waals surface area contributed by atoms with Gasteiger partial charge in [0, 0.05) is 6.54 Å². The second kappa shape index (κ2) is 4.49. The van der Waals surface area contributed by atoms with Crippen molar-refractivity contribution in [1.82, 2.24) is 4.90 Å². The maximum absolute atomic E-state index is 13.0. The summed E-state index contributed by atoms with van der Waals surface area (Å²) in [6.45, 7) is 1.38. The summed E-state index contributed by atoms with van der Waals surface area (Å²) in [5.41, 5.74) is -0.0227. The van der Waals surface area contributed by atoms with Crippen LogP contribution in [0, 0.1) is 5.82 Å². The Morgan fingerprint density at radius 1 is 1.50 bits per heavy atom. The predicted molar refractivity (Wildman–Crippen MR) is 54.5 cm³/mol. The number of amides is 1. The van der Waals surface area contributed by atoms with E-state index in [4.69, 9.17) is 4.74 Å². The first kappa shape index (κ1) is 10.9. The van der Waals surface area contributed by atoms with E-state index in [1.807, 2.05) is 0 Å². The first-order chi connectivity index (χ1) is 7.68. The lowest BCUT2D eigenvalue weighted by Gasteiger charge is -2.26. The Labute approximate surface area is 92.2 Å². The summed E-state index contributed by atoms with van der Waals surface area (Å²) in [5.74, 6) is -1.16. The zero-order valence-corrected chi connectivity index (χ0v) is 8.65. The number of aromatic hydroxyl groups is 1. The van der Waals surface area contributed by atoms with Crippen LogP contribution in [0.25, 0.3) is 0 Å². The van der Waals surface area contributed by atoms with Gasteiger partial charge in [0.2, 0.25) is 0 Å². The molecular formula is C11H12FNO3.